The minimum absolute atomic E-state index is 0.000487. The Morgan fingerprint density at radius 1 is 1.31 bits per heavy atom. The molecule has 1 heterocycles. The van der Waals surface area contributed by atoms with Gasteiger partial charge in [0.25, 0.3) is 5.69 Å². The van der Waals surface area contributed by atoms with E-state index in [0.29, 0.717) is 16.1 Å². The third kappa shape index (κ3) is 4.17. The van der Waals surface area contributed by atoms with Crippen LogP contribution in [0.2, 0.25) is 0 Å². The van der Waals surface area contributed by atoms with Gasteiger partial charge in [0.15, 0.2) is 4.80 Å². The highest BCUT2D eigenvalue weighted by atomic mass is 32.2. The molecule has 1 amide bonds. The van der Waals surface area contributed by atoms with Crippen molar-refractivity contribution in [3.63, 3.8) is 0 Å². The van der Waals surface area contributed by atoms with Crippen LogP contribution in [0.5, 0.6) is 0 Å². The summed E-state index contributed by atoms with van der Waals surface area (Å²) in [6.45, 7) is 0. The van der Waals surface area contributed by atoms with Crippen LogP contribution < -0.4 is 4.80 Å². The van der Waals surface area contributed by atoms with Crippen molar-refractivity contribution in [2.24, 2.45) is 12.0 Å². The van der Waals surface area contributed by atoms with Crippen LogP contribution in [0.15, 0.2) is 52.4 Å². The minimum atomic E-state index is -0.453. The fourth-order valence-electron chi connectivity index (χ4n) is 2.29. The van der Waals surface area contributed by atoms with E-state index >= 15 is 0 Å². The lowest BCUT2D eigenvalue weighted by molar-refractivity contribution is -0.384. The lowest BCUT2D eigenvalue weighted by Gasteiger charge is -1.99. The number of hydrogen-bond acceptors (Lipinski definition) is 5. The Hall–Kier alpha value is -2.52. The predicted molar refractivity (Wildman–Crippen MR) is 99.8 cm³/mol. The maximum absolute atomic E-state index is 12.9. The molecule has 2 aromatic carbocycles. The smallest absolute Gasteiger partial charge is 0.271 e. The zero-order valence-electron chi connectivity index (χ0n) is 13.7. The Kier molecular flexibility index (Phi) is 5.48. The zero-order chi connectivity index (χ0) is 18.7. The van der Waals surface area contributed by atoms with Crippen molar-refractivity contribution < 1.29 is 14.1 Å². The summed E-state index contributed by atoms with van der Waals surface area (Å²) in [5, 5.41) is 10.9. The van der Waals surface area contributed by atoms with E-state index in [-0.39, 0.29) is 23.8 Å². The average molecular weight is 391 g/mol. The van der Waals surface area contributed by atoms with Crippen LogP contribution in [0.4, 0.5) is 10.1 Å². The second kappa shape index (κ2) is 7.79. The summed E-state index contributed by atoms with van der Waals surface area (Å²) in [4.78, 5) is 28.0. The van der Waals surface area contributed by atoms with E-state index < -0.39 is 4.92 Å². The van der Waals surface area contributed by atoms with E-state index in [4.69, 9.17) is 0 Å². The topological polar surface area (TPSA) is 77.5 Å². The number of benzene rings is 2. The van der Waals surface area contributed by atoms with E-state index in [1.807, 2.05) is 0 Å². The van der Waals surface area contributed by atoms with Crippen LogP contribution in [0.1, 0.15) is 6.42 Å². The zero-order valence-corrected chi connectivity index (χ0v) is 15.3. The van der Waals surface area contributed by atoms with Crippen molar-refractivity contribution in [2.45, 2.75) is 11.3 Å². The van der Waals surface area contributed by atoms with Crippen molar-refractivity contribution in [3.05, 3.63) is 63.2 Å². The molecule has 0 atom stereocenters. The minimum Gasteiger partial charge on any atom is -0.319 e. The van der Waals surface area contributed by atoms with Crippen molar-refractivity contribution >= 4 is 44.9 Å². The number of hydrogen-bond donors (Lipinski definition) is 0. The van der Waals surface area contributed by atoms with Gasteiger partial charge in [0.1, 0.15) is 5.82 Å². The summed E-state index contributed by atoms with van der Waals surface area (Å²) in [6.07, 6.45) is 0.246. The predicted octanol–water partition coefficient (Wildman–Crippen LogP) is 3.90. The van der Waals surface area contributed by atoms with E-state index in [2.05, 4.69) is 4.99 Å². The molecule has 134 valence electrons. The third-order valence-electron chi connectivity index (χ3n) is 3.62. The number of fused-ring (bicyclic) bond motifs is 1. The van der Waals surface area contributed by atoms with E-state index in [1.165, 1.54) is 47.4 Å². The maximum atomic E-state index is 12.9. The van der Waals surface area contributed by atoms with Gasteiger partial charge in [-0.05, 0) is 30.3 Å². The molecule has 0 N–H and O–H groups in total. The lowest BCUT2D eigenvalue weighted by atomic mass is 10.3. The van der Waals surface area contributed by atoms with Gasteiger partial charge in [0.05, 0.1) is 15.1 Å². The summed E-state index contributed by atoms with van der Waals surface area (Å²) in [7, 11) is 1.72. The molecular formula is C17H14FN3O3S2. The number of carbonyl (C=O) groups excluding carboxylic acids is 1. The molecule has 0 radical (unpaired) electrons. The molecule has 6 nitrogen and oxygen atoms in total. The second-order valence-electron chi connectivity index (χ2n) is 5.41. The number of nitro groups is 1. The van der Waals surface area contributed by atoms with Crippen LogP contribution in [0.3, 0.4) is 0 Å². The Morgan fingerprint density at radius 3 is 2.73 bits per heavy atom. The molecule has 0 spiro atoms. The summed E-state index contributed by atoms with van der Waals surface area (Å²) < 4.78 is 15.4. The van der Waals surface area contributed by atoms with Gasteiger partial charge >= 0.3 is 0 Å². The SMILES string of the molecule is Cn1c(=NC(=O)CCSc2ccc(F)cc2)sc2ccc([N+](=O)[O-])cc21. The van der Waals surface area contributed by atoms with E-state index in [1.54, 1.807) is 29.8 Å². The van der Waals surface area contributed by atoms with Gasteiger partial charge in [0, 0.05) is 36.2 Å². The molecule has 0 unspecified atom stereocenters. The van der Waals surface area contributed by atoms with Gasteiger partial charge in [-0.15, -0.1) is 11.8 Å². The normalized spacial score (nSPS) is 11.8. The summed E-state index contributed by atoms with van der Waals surface area (Å²) in [5.74, 6) is -0.0252. The number of thiazole rings is 1. The number of carbonyl (C=O) groups is 1. The van der Waals surface area contributed by atoms with Gasteiger partial charge in [-0.25, -0.2) is 4.39 Å². The van der Waals surface area contributed by atoms with E-state index in [0.717, 1.165) is 9.60 Å². The largest absolute Gasteiger partial charge is 0.319 e. The number of nitrogens with zero attached hydrogens (tertiary/aromatic N) is 3. The number of amides is 1. The van der Waals surface area contributed by atoms with Crippen LogP contribution in [-0.4, -0.2) is 21.2 Å². The Balaban J connectivity index is 1.72. The van der Waals surface area contributed by atoms with Crippen LogP contribution in [0.25, 0.3) is 10.2 Å². The first kappa shape index (κ1) is 18.3. The quantitative estimate of drug-likeness (QED) is 0.375. The van der Waals surface area contributed by atoms with Gasteiger partial charge in [-0.1, -0.05) is 11.3 Å². The molecular weight excluding hydrogens is 377 g/mol. The molecule has 0 saturated carbocycles. The fraction of sp³-hybridized carbons (Fsp3) is 0.176. The van der Waals surface area contributed by atoms with Crippen molar-refractivity contribution in [3.8, 4) is 0 Å². The van der Waals surface area contributed by atoms with Crippen molar-refractivity contribution in [1.29, 1.82) is 0 Å². The van der Waals surface area contributed by atoms with Crippen molar-refractivity contribution in [2.75, 3.05) is 5.75 Å². The number of aryl methyl sites for hydroxylation is 1. The molecule has 0 aliphatic carbocycles. The first-order chi connectivity index (χ1) is 12.4. The standard InChI is InChI=1S/C17H14FN3O3S2/c1-20-14-10-12(21(23)24)4-7-15(14)26-17(20)19-16(22)8-9-25-13-5-2-11(18)3-6-13/h2-7,10H,8-9H2,1H3. The van der Waals surface area contributed by atoms with Crippen molar-refractivity contribution in [1.82, 2.24) is 4.57 Å². The number of rotatable bonds is 5. The first-order valence-corrected chi connectivity index (χ1v) is 9.44. The third-order valence-corrected chi connectivity index (χ3v) is 5.75. The Labute approximate surface area is 156 Å². The molecule has 3 aromatic rings. The monoisotopic (exact) mass is 391 g/mol. The maximum Gasteiger partial charge on any atom is 0.271 e. The Morgan fingerprint density at radius 2 is 2.04 bits per heavy atom. The highest BCUT2D eigenvalue weighted by Crippen LogP contribution is 2.22. The average Bonchev–Trinajstić information content (AvgIpc) is 2.92. The number of non-ortho nitro benzene ring substituents is 1. The van der Waals surface area contributed by atoms with Gasteiger partial charge in [-0.3, -0.25) is 14.9 Å². The lowest BCUT2D eigenvalue weighted by Crippen LogP contribution is -2.13. The number of nitro benzene ring substituents is 1. The number of aromatic nitrogens is 1. The van der Waals surface area contributed by atoms with Crippen LogP contribution >= 0.6 is 23.1 Å². The molecule has 0 aliphatic heterocycles. The molecule has 26 heavy (non-hydrogen) atoms. The molecule has 0 bridgehead atoms. The molecule has 9 heteroatoms. The van der Waals surface area contributed by atoms with Crippen LogP contribution in [0, 0.1) is 15.9 Å². The molecule has 0 saturated heterocycles. The van der Waals surface area contributed by atoms with Gasteiger partial charge in [0.2, 0.25) is 5.91 Å². The highest BCUT2D eigenvalue weighted by Gasteiger charge is 2.11. The molecule has 3 rings (SSSR count). The van der Waals surface area contributed by atoms with Crippen LogP contribution in [-0.2, 0) is 11.8 Å². The number of thioether (sulfide) groups is 1. The summed E-state index contributed by atoms with van der Waals surface area (Å²) in [5.41, 5.74) is 0.663. The summed E-state index contributed by atoms with van der Waals surface area (Å²) >= 11 is 2.77. The molecule has 0 fully saturated rings. The Bertz CT molecular complexity index is 1040. The molecule has 1 aromatic heterocycles. The van der Waals surface area contributed by atoms with E-state index in [9.17, 15) is 19.3 Å². The first-order valence-electron chi connectivity index (χ1n) is 7.64. The van der Waals surface area contributed by atoms with Gasteiger partial charge in [-0.2, -0.15) is 4.99 Å². The highest BCUT2D eigenvalue weighted by molar-refractivity contribution is 7.99. The number of halogens is 1. The van der Waals surface area contributed by atoms with Gasteiger partial charge < -0.3 is 4.57 Å². The fourth-order valence-corrected chi connectivity index (χ4v) is 4.14. The second-order valence-corrected chi connectivity index (χ2v) is 7.59. The molecule has 0 aliphatic rings. The summed E-state index contributed by atoms with van der Waals surface area (Å²) in [6, 6.07) is 10.7.